The standard InChI is InChI=1S/C35H58F2O/c1-3-5-7-9-11-13-27-38-33-26-25-32(34(36)35(33)37)31-23-21-30(22-24-31)20-19-29-17-15-28(16-18-29)14-12-10-8-6-4-2/h25-26,28-31H,3-24,27H2,1-2H3/t28-,29-,30-,31-. The smallest absolute Gasteiger partial charge is 0.200 e. The van der Waals surface area contributed by atoms with Crippen LogP contribution in [0.15, 0.2) is 12.1 Å². The molecule has 2 saturated carbocycles. The molecule has 0 unspecified atom stereocenters. The van der Waals surface area contributed by atoms with Gasteiger partial charge < -0.3 is 4.74 Å². The van der Waals surface area contributed by atoms with Crippen LogP contribution in [0.3, 0.4) is 0 Å². The second-order valence-corrected chi connectivity index (χ2v) is 12.8. The van der Waals surface area contributed by atoms with Gasteiger partial charge in [-0.05, 0) is 67.4 Å². The molecule has 0 bridgehead atoms. The minimum Gasteiger partial charge on any atom is -0.490 e. The first-order valence-corrected chi connectivity index (χ1v) is 16.7. The van der Waals surface area contributed by atoms with E-state index in [0.29, 0.717) is 12.2 Å². The molecule has 0 atom stereocenters. The van der Waals surface area contributed by atoms with Crippen molar-refractivity contribution in [2.24, 2.45) is 17.8 Å². The normalized spacial score (nSPS) is 24.0. The highest BCUT2D eigenvalue weighted by Gasteiger charge is 2.28. The highest BCUT2D eigenvalue weighted by molar-refractivity contribution is 5.33. The Kier molecular flexibility index (Phi) is 15.1. The first-order valence-electron chi connectivity index (χ1n) is 16.7. The third-order valence-corrected chi connectivity index (χ3v) is 9.78. The van der Waals surface area contributed by atoms with Crippen molar-refractivity contribution in [2.75, 3.05) is 6.61 Å². The van der Waals surface area contributed by atoms with Crippen LogP contribution in [0.4, 0.5) is 8.78 Å². The molecule has 0 N–H and O–H groups in total. The van der Waals surface area contributed by atoms with Crippen molar-refractivity contribution in [3.05, 3.63) is 29.3 Å². The molecular formula is C35H58F2O. The minimum absolute atomic E-state index is 0.0831. The molecule has 3 heteroatoms. The molecular weight excluding hydrogens is 474 g/mol. The molecule has 0 heterocycles. The van der Waals surface area contributed by atoms with Crippen molar-refractivity contribution >= 4 is 0 Å². The molecule has 3 rings (SSSR count). The quantitative estimate of drug-likeness (QED) is 0.171. The van der Waals surface area contributed by atoms with Crippen LogP contribution < -0.4 is 4.74 Å². The lowest BCUT2D eigenvalue weighted by Crippen LogP contribution is -2.18. The highest BCUT2D eigenvalue weighted by Crippen LogP contribution is 2.42. The summed E-state index contributed by atoms with van der Waals surface area (Å²) >= 11 is 0. The third-order valence-electron chi connectivity index (χ3n) is 9.78. The van der Waals surface area contributed by atoms with E-state index < -0.39 is 11.6 Å². The van der Waals surface area contributed by atoms with E-state index in [4.69, 9.17) is 4.74 Å². The van der Waals surface area contributed by atoms with Gasteiger partial charge in [0.25, 0.3) is 0 Å². The average molecular weight is 533 g/mol. The molecule has 0 amide bonds. The van der Waals surface area contributed by atoms with Gasteiger partial charge in [-0.1, -0.05) is 129 Å². The zero-order valence-corrected chi connectivity index (χ0v) is 24.9. The van der Waals surface area contributed by atoms with Gasteiger partial charge in [-0.3, -0.25) is 0 Å². The van der Waals surface area contributed by atoms with Crippen molar-refractivity contribution in [1.29, 1.82) is 0 Å². The zero-order valence-electron chi connectivity index (χ0n) is 24.9. The van der Waals surface area contributed by atoms with Crippen molar-refractivity contribution in [3.63, 3.8) is 0 Å². The van der Waals surface area contributed by atoms with E-state index in [1.165, 1.54) is 103 Å². The molecule has 0 spiro atoms. The van der Waals surface area contributed by atoms with Gasteiger partial charge >= 0.3 is 0 Å². The van der Waals surface area contributed by atoms with Crippen molar-refractivity contribution < 1.29 is 13.5 Å². The van der Waals surface area contributed by atoms with E-state index in [2.05, 4.69) is 13.8 Å². The summed E-state index contributed by atoms with van der Waals surface area (Å²) in [5.74, 6) is 1.48. The van der Waals surface area contributed by atoms with Gasteiger partial charge in [0.2, 0.25) is 5.82 Å². The number of halogens is 2. The van der Waals surface area contributed by atoms with Gasteiger partial charge in [-0.15, -0.1) is 0 Å². The first kappa shape index (κ1) is 31.4. The average Bonchev–Trinajstić information content (AvgIpc) is 2.94. The van der Waals surface area contributed by atoms with Crippen molar-refractivity contribution in [1.82, 2.24) is 0 Å². The summed E-state index contributed by atoms with van der Waals surface area (Å²) in [5.41, 5.74) is 0.570. The lowest BCUT2D eigenvalue weighted by atomic mass is 9.74. The molecule has 1 nitrogen and oxygen atoms in total. The number of hydrogen-bond acceptors (Lipinski definition) is 1. The van der Waals surface area contributed by atoms with Crippen LogP contribution in [0.5, 0.6) is 5.75 Å². The molecule has 218 valence electrons. The number of unbranched alkanes of at least 4 members (excludes halogenated alkanes) is 9. The molecule has 0 radical (unpaired) electrons. The lowest BCUT2D eigenvalue weighted by Gasteiger charge is -2.32. The molecule has 0 saturated heterocycles. The lowest BCUT2D eigenvalue weighted by molar-refractivity contribution is 0.221. The highest BCUT2D eigenvalue weighted by atomic mass is 19.2. The summed E-state index contributed by atoms with van der Waals surface area (Å²) in [6, 6.07) is 3.46. The van der Waals surface area contributed by atoms with E-state index in [1.54, 1.807) is 12.1 Å². The molecule has 0 aromatic heterocycles. The molecule has 1 aromatic rings. The van der Waals surface area contributed by atoms with Gasteiger partial charge in [-0.2, -0.15) is 4.39 Å². The Balaban J connectivity index is 1.31. The second kappa shape index (κ2) is 18.3. The van der Waals surface area contributed by atoms with Crippen molar-refractivity contribution in [2.45, 2.75) is 161 Å². The van der Waals surface area contributed by atoms with Crippen LogP contribution in [-0.2, 0) is 0 Å². The molecule has 2 aliphatic carbocycles. The van der Waals surface area contributed by atoms with Crippen LogP contribution in [0.2, 0.25) is 0 Å². The van der Waals surface area contributed by atoms with E-state index >= 15 is 0 Å². The fraction of sp³-hybridized carbons (Fsp3) is 0.829. The predicted octanol–water partition coefficient (Wildman–Crippen LogP) is 11.9. The van der Waals surface area contributed by atoms with E-state index in [-0.39, 0.29) is 11.7 Å². The van der Waals surface area contributed by atoms with Gasteiger partial charge in [0.05, 0.1) is 6.61 Å². The SMILES string of the molecule is CCCCCCCCOc1ccc([C@H]2CC[C@H](CC[C@H]3CC[C@H](CCCCCCC)CC3)CC2)c(F)c1F. The van der Waals surface area contributed by atoms with Gasteiger partial charge in [-0.25, -0.2) is 4.39 Å². The maximum absolute atomic E-state index is 15.0. The molecule has 2 fully saturated rings. The van der Waals surface area contributed by atoms with Gasteiger partial charge in [0.15, 0.2) is 11.6 Å². The summed E-state index contributed by atoms with van der Waals surface area (Å²) in [4.78, 5) is 0. The predicted molar refractivity (Wildman–Crippen MR) is 158 cm³/mol. The number of benzene rings is 1. The number of ether oxygens (including phenoxy) is 1. The fourth-order valence-electron chi connectivity index (χ4n) is 7.12. The Morgan fingerprint density at radius 1 is 0.579 bits per heavy atom. The summed E-state index contributed by atoms with van der Waals surface area (Å²) in [7, 11) is 0. The monoisotopic (exact) mass is 532 g/mol. The van der Waals surface area contributed by atoms with Crippen molar-refractivity contribution in [3.8, 4) is 5.75 Å². The minimum atomic E-state index is -0.785. The van der Waals surface area contributed by atoms with Crippen LogP contribution >= 0.6 is 0 Å². The number of hydrogen-bond donors (Lipinski definition) is 0. The zero-order chi connectivity index (χ0) is 27.0. The Hall–Kier alpha value is -1.12. The third kappa shape index (κ3) is 10.8. The maximum Gasteiger partial charge on any atom is 0.200 e. The molecule has 1 aromatic carbocycles. The number of rotatable bonds is 18. The maximum atomic E-state index is 15.0. The van der Waals surface area contributed by atoms with Gasteiger partial charge in [0.1, 0.15) is 0 Å². The van der Waals surface area contributed by atoms with E-state index in [0.717, 1.165) is 56.3 Å². The summed E-state index contributed by atoms with van der Waals surface area (Å²) in [5, 5.41) is 0. The summed E-state index contributed by atoms with van der Waals surface area (Å²) in [6.07, 6.45) is 28.2. The fourth-order valence-corrected chi connectivity index (χ4v) is 7.12. The first-order chi connectivity index (χ1) is 18.6. The second-order valence-electron chi connectivity index (χ2n) is 12.8. The van der Waals surface area contributed by atoms with Crippen LogP contribution in [0.25, 0.3) is 0 Å². The summed E-state index contributed by atoms with van der Waals surface area (Å²) < 4.78 is 35.3. The molecule has 38 heavy (non-hydrogen) atoms. The Morgan fingerprint density at radius 3 is 1.68 bits per heavy atom. The Morgan fingerprint density at radius 2 is 1.08 bits per heavy atom. The van der Waals surface area contributed by atoms with Crippen LogP contribution in [0.1, 0.15) is 167 Å². The van der Waals surface area contributed by atoms with Gasteiger partial charge in [0, 0.05) is 0 Å². The molecule has 2 aliphatic rings. The summed E-state index contributed by atoms with van der Waals surface area (Å²) in [6.45, 7) is 4.96. The van der Waals surface area contributed by atoms with Crippen LogP contribution in [-0.4, -0.2) is 6.61 Å². The largest absolute Gasteiger partial charge is 0.490 e. The topological polar surface area (TPSA) is 9.23 Å². The van der Waals surface area contributed by atoms with Crippen LogP contribution in [0, 0.1) is 29.4 Å². The van der Waals surface area contributed by atoms with E-state index in [1.807, 2.05) is 0 Å². The van der Waals surface area contributed by atoms with E-state index in [9.17, 15) is 8.78 Å². The Labute approximate surface area is 233 Å². The molecule has 0 aliphatic heterocycles. The Bertz CT molecular complexity index is 747.